The first-order chi connectivity index (χ1) is 14.1. The van der Waals surface area contributed by atoms with Crippen molar-refractivity contribution in [3.63, 3.8) is 0 Å². The van der Waals surface area contributed by atoms with Crippen LogP contribution in [0.3, 0.4) is 0 Å². The zero-order chi connectivity index (χ0) is 20.2. The van der Waals surface area contributed by atoms with Gasteiger partial charge in [-0.1, -0.05) is 30.3 Å². The Hall–Kier alpha value is -4.13. The monoisotopic (exact) mass is 386 g/mol. The molecular formula is C22H18N4O3. The predicted molar refractivity (Wildman–Crippen MR) is 110 cm³/mol. The van der Waals surface area contributed by atoms with Crippen LogP contribution in [0.15, 0.2) is 71.8 Å². The van der Waals surface area contributed by atoms with Gasteiger partial charge in [0.1, 0.15) is 5.82 Å². The zero-order valence-corrected chi connectivity index (χ0v) is 15.3. The third kappa shape index (κ3) is 4.24. The number of fused-ring (bicyclic) bond motifs is 1. The predicted octanol–water partition coefficient (Wildman–Crippen LogP) is 3.33. The van der Waals surface area contributed by atoms with E-state index < -0.39 is 0 Å². The number of aromatic nitrogens is 2. The number of carbonyl (C=O) groups excluding carboxylic acids is 1. The van der Waals surface area contributed by atoms with E-state index in [4.69, 9.17) is 0 Å². The molecule has 0 radical (unpaired) electrons. The number of amides is 1. The van der Waals surface area contributed by atoms with Crippen LogP contribution in [0.4, 0.5) is 0 Å². The van der Waals surface area contributed by atoms with Crippen molar-refractivity contribution in [1.82, 2.24) is 15.4 Å². The van der Waals surface area contributed by atoms with Crippen LogP contribution in [0.1, 0.15) is 27.3 Å². The topological polar surface area (TPSA) is 111 Å². The molecule has 1 heterocycles. The molecule has 0 unspecified atom stereocenters. The number of nitrogens with zero attached hydrogens (tertiary/aromatic N) is 2. The summed E-state index contributed by atoms with van der Waals surface area (Å²) in [5, 5.41) is 22.7. The van der Waals surface area contributed by atoms with Gasteiger partial charge in [0.15, 0.2) is 11.5 Å². The molecule has 7 nitrogen and oxygen atoms in total. The summed E-state index contributed by atoms with van der Waals surface area (Å²) in [6, 6.07) is 19.5. The Morgan fingerprint density at radius 2 is 1.86 bits per heavy atom. The van der Waals surface area contributed by atoms with Crippen molar-refractivity contribution >= 4 is 23.2 Å². The summed E-state index contributed by atoms with van der Waals surface area (Å²) in [6.45, 7) is 0. The van der Waals surface area contributed by atoms with Crippen molar-refractivity contribution < 1.29 is 15.0 Å². The summed E-state index contributed by atoms with van der Waals surface area (Å²) >= 11 is 0. The number of phenolic OH excluding ortho intramolecular Hbond substituents is 2. The fraction of sp³-hybridized carbons (Fsp3) is 0.0455. The van der Waals surface area contributed by atoms with E-state index in [0.717, 1.165) is 22.4 Å². The molecule has 0 atom stereocenters. The summed E-state index contributed by atoms with van der Waals surface area (Å²) in [5.74, 6) is -0.0127. The van der Waals surface area contributed by atoms with Crippen LogP contribution >= 0.6 is 0 Å². The fourth-order valence-corrected chi connectivity index (χ4v) is 2.93. The molecular weight excluding hydrogens is 368 g/mol. The molecule has 0 saturated carbocycles. The van der Waals surface area contributed by atoms with Crippen LogP contribution < -0.4 is 5.43 Å². The number of hydrogen-bond donors (Lipinski definition) is 4. The molecule has 0 bridgehead atoms. The minimum Gasteiger partial charge on any atom is -0.504 e. The molecule has 4 aromatic rings. The summed E-state index contributed by atoms with van der Waals surface area (Å²) in [5.41, 5.74) is 6.14. The van der Waals surface area contributed by atoms with Gasteiger partial charge in [-0.25, -0.2) is 10.4 Å². The largest absolute Gasteiger partial charge is 0.504 e. The molecule has 4 N–H and O–H groups in total. The minimum atomic E-state index is -0.370. The van der Waals surface area contributed by atoms with Crippen molar-refractivity contribution in [2.24, 2.45) is 5.10 Å². The Balaban J connectivity index is 1.46. The molecule has 144 valence electrons. The first-order valence-corrected chi connectivity index (χ1v) is 8.96. The van der Waals surface area contributed by atoms with Crippen LogP contribution in [-0.2, 0) is 6.42 Å². The molecule has 29 heavy (non-hydrogen) atoms. The molecule has 0 spiro atoms. The number of nitrogens with one attached hydrogen (secondary N) is 2. The third-order valence-electron chi connectivity index (χ3n) is 4.39. The van der Waals surface area contributed by atoms with Gasteiger partial charge < -0.3 is 15.2 Å². The SMILES string of the molecule is O=C(N/N=C\c1ccc(O)c(O)c1)c1ccc2nc(Cc3ccccc3)[nH]c2c1. The number of hydrogen-bond acceptors (Lipinski definition) is 5. The summed E-state index contributed by atoms with van der Waals surface area (Å²) in [7, 11) is 0. The third-order valence-corrected chi connectivity index (χ3v) is 4.39. The normalized spacial score (nSPS) is 11.2. The molecule has 1 amide bonds. The van der Waals surface area contributed by atoms with Gasteiger partial charge in [0.05, 0.1) is 17.2 Å². The van der Waals surface area contributed by atoms with E-state index in [1.807, 2.05) is 30.3 Å². The Kier molecular flexibility index (Phi) is 4.94. The number of H-pyrrole nitrogens is 1. The van der Waals surface area contributed by atoms with E-state index in [1.165, 1.54) is 18.3 Å². The van der Waals surface area contributed by atoms with E-state index in [1.54, 1.807) is 24.3 Å². The highest BCUT2D eigenvalue weighted by Gasteiger charge is 2.09. The average Bonchev–Trinajstić information content (AvgIpc) is 3.12. The Bertz CT molecular complexity index is 1200. The van der Waals surface area contributed by atoms with Gasteiger partial charge in [0.2, 0.25) is 0 Å². The van der Waals surface area contributed by atoms with Crippen molar-refractivity contribution in [3.05, 3.63) is 89.2 Å². The van der Waals surface area contributed by atoms with E-state index in [9.17, 15) is 15.0 Å². The second-order valence-corrected chi connectivity index (χ2v) is 6.53. The molecule has 0 saturated heterocycles. The lowest BCUT2D eigenvalue weighted by molar-refractivity contribution is 0.0955. The summed E-state index contributed by atoms with van der Waals surface area (Å²) in [4.78, 5) is 20.2. The van der Waals surface area contributed by atoms with Crippen molar-refractivity contribution in [2.45, 2.75) is 6.42 Å². The Labute approximate surface area is 166 Å². The van der Waals surface area contributed by atoms with Crippen molar-refractivity contribution in [1.29, 1.82) is 0 Å². The molecule has 0 aliphatic rings. The quantitative estimate of drug-likeness (QED) is 0.239. The van der Waals surface area contributed by atoms with Gasteiger partial charge >= 0.3 is 0 Å². The number of hydrazone groups is 1. The second kappa shape index (κ2) is 7.85. The van der Waals surface area contributed by atoms with Crippen LogP contribution in [-0.4, -0.2) is 32.3 Å². The number of rotatable bonds is 5. The minimum absolute atomic E-state index is 0.217. The highest BCUT2D eigenvalue weighted by Crippen LogP contribution is 2.24. The van der Waals surface area contributed by atoms with Gasteiger partial charge in [-0.2, -0.15) is 5.10 Å². The maximum Gasteiger partial charge on any atom is 0.271 e. The van der Waals surface area contributed by atoms with Crippen molar-refractivity contribution in [3.8, 4) is 11.5 Å². The van der Waals surface area contributed by atoms with Gasteiger partial charge in [0, 0.05) is 12.0 Å². The van der Waals surface area contributed by atoms with Gasteiger partial charge in [0.25, 0.3) is 5.91 Å². The summed E-state index contributed by atoms with van der Waals surface area (Å²) in [6.07, 6.45) is 2.06. The van der Waals surface area contributed by atoms with E-state index in [0.29, 0.717) is 17.5 Å². The van der Waals surface area contributed by atoms with Crippen LogP contribution in [0.25, 0.3) is 11.0 Å². The molecule has 3 aromatic carbocycles. The molecule has 1 aromatic heterocycles. The highest BCUT2D eigenvalue weighted by molar-refractivity contribution is 5.97. The molecule has 7 heteroatoms. The van der Waals surface area contributed by atoms with Crippen LogP contribution in [0.2, 0.25) is 0 Å². The Morgan fingerprint density at radius 3 is 2.66 bits per heavy atom. The fourth-order valence-electron chi connectivity index (χ4n) is 2.93. The van der Waals surface area contributed by atoms with E-state index in [-0.39, 0.29) is 17.4 Å². The zero-order valence-electron chi connectivity index (χ0n) is 15.3. The first kappa shape index (κ1) is 18.2. The number of benzene rings is 3. The second-order valence-electron chi connectivity index (χ2n) is 6.53. The van der Waals surface area contributed by atoms with Crippen molar-refractivity contribution in [2.75, 3.05) is 0 Å². The number of aromatic amines is 1. The Morgan fingerprint density at radius 1 is 1.03 bits per heavy atom. The lowest BCUT2D eigenvalue weighted by Gasteiger charge is -2.01. The summed E-state index contributed by atoms with van der Waals surface area (Å²) < 4.78 is 0. The molecule has 4 rings (SSSR count). The smallest absolute Gasteiger partial charge is 0.271 e. The maximum atomic E-state index is 12.3. The van der Waals surface area contributed by atoms with Gasteiger partial charge in [-0.15, -0.1) is 0 Å². The highest BCUT2D eigenvalue weighted by atomic mass is 16.3. The van der Waals surface area contributed by atoms with E-state index >= 15 is 0 Å². The number of imidazole rings is 1. The molecule has 0 aliphatic carbocycles. The first-order valence-electron chi connectivity index (χ1n) is 8.96. The standard InChI is InChI=1S/C22H18N4O3/c27-19-9-6-15(10-20(19)28)13-23-26-22(29)16-7-8-17-18(12-16)25-21(24-17)11-14-4-2-1-3-5-14/h1-10,12-13,27-28H,11H2,(H,24,25)(H,26,29)/b23-13-. The number of aromatic hydroxyl groups is 2. The van der Waals surface area contributed by atoms with Crippen LogP contribution in [0, 0.1) is 0 Å². The lowest BCUT2D eigenvalue weighted by Crippen LogP contribution is -2.17. The number of phenols is 2. The molecule has 0 fully saturated rings. The van der Waals surface area contributed by atoms with Gasteiger partial charge in [-0.05, 0) is 47.5 Å². The van der Waals surface area contributed by atoms with Gasteiger partial charge in [-0.3, -0.25) is 4.79 Å². The lowest BCUT2D eigenvalue weighted by atomic mass is 10.1. The van der Waals surface area contributed by atoms with Crippen LogP contribution in [0.5, 0.6) is 11.5 Å². The average molecular weight is 386 g/mol. The number of carbonyl (C=O) groups is 1. The van der Waals surface area contributed by atoms with E-state index in [2.05, 4.69) is 20.5 Å². The maximum absolute atomic E-state index is 12.3. The molecule has 0 aliphatic heterocycles.